The summed E-state index contributed by atoms with van der Waals surface area (Å²) in [7, 11) is -3.75. The van der Waals surface area contributed by atoms with E-state index in [0.29, 0.717) is 27.5 Å². The number of nitrogens with zero attached hydrogens (tertiary/aromatic N) is 1. The molecule has 0 atom stereocenters. The third-order valence-electron chi connectivity index (χ3n) is 5.09. The molecule has 0 amide bonds. The van der Waals surface area contributed by atoms with Crippen molar-refractivity contribution in [1.82, 2.24) is 9.29 Å². The van der Waals surface area contributed by atoms with Crippen molar-refractivity contribution in [3.63, 3.8) is 0 Å². The highest BCUT2D eigenvalue weighted by molar-refractivity contribution is 7.89. The van der Waals surface area contributed by atoms with Gasteiger partial charge in [0.1, 0.15) is 12.4 Å². The van der Waals surface area contributed by atoms with Gasteiger partial charge in [-0.25, -0.2) is 13.1 Å². The first kappa shape index (κ1) is 23.5. The van der Waals surface area contributed by atoms with Gasteiger partial charge < -0.3 is 4.74 Å². The van der Waals surface area contributed by atoms with Crippen LogP contribution in [0.15, 0.2) is 70.4 Å². The van der Waals surface area contributed by atoms with E-state index in [1.54, 1.807) is 16.7 Å². The summed E-state index contributed by atoms with van der Waals surface area (Å²) in [6.07, 6.45) is 0. The van der Waals surface area contributed by atoms with Gasteiger partial charge in [-0.3, -0.25) is 9.36 Å². The van der Waals surface area contributed by atoms with E-state index in [-0.39, 0.29) is 22.9 Å². The zero-order chi connectivity index (χ0) is 23.6. The first-order valence-electron chi connectivity index (χ1n) is 10.3. The van der Waals surface area contributed by atoms with E-state index in [9.17, 15) is 13.2 Å². The van der Waals surface area contributed by atoms with Gasteiger partial charge in [-0.05, 0) is 66.9 Å². The first-order valence-corrected chi connectivity index (χ1v) is 13.0. The van der Waals surface area contributed by atoms with Gasteiger partial charge in [0.2, 0.25) is 10.0 Å². The Labute approximate surface area is 201 Å². The molecule has 9 heteroatoms. The first-order chi connectivity index (χ1) is 15.7. The van der Waals surface area contributed by atoms with Crippen molar-refractivity contribution in [1.29, 1.82) is 0 Å². The van der Waals surface area contributed by atoms with Crippen molar-refractivity contribution in [2.24, 2.45) is 0 Å². The highest BCUT2D eigenvalue weighted by atomic mass is 35.5. The smallest absolute Gasteiger partial charge is 0.308 e. The SMILES string of the molecule is Cc1cc(C)cc(OCCNS(=O)(=O)c2ccc3c(c2)sc(=O)n3Cc2ccccc2Cl)c1. The molecular weight excluding hydrogens is 480 g/mol. The minimum absolute atomic E-state index is 0.104. The number of aryl methyl sites for hydroxylation is 2. The van der Waals surface area contributed by atoms with E-state index in [0.717, 1.165) is 28.0 Å². The van der Waals surface area contributed by atoms with Gasteiger partial charge in [-0.15, -0.1) is 0 Å². The van der Waals surface area contributed by atoms with Gasteiger partial charge in [0.15, 0.2) is 0 Å². The number of hydrogen-bond donors (Lipinski definition) is 1. The lowest BCUT2D eigenvalue weighted by atomic mass is 10.1. The van der Waals surface area contributed by atoms with Crippen LogP contribution in [0.1, 0.15) is 16.7 Å². The lowest BCUT2D eigenvalue weighted by Crippen LogP contribution is -2.28. The number of nitrogens with one attached hydrogen (secondary N) is 1. The van der Waals surface area contributed by atoms with E-state index in [1.807, 2.05) is 50.2 Å². The predicted octanol–water partition coefficient (Wildman–Crippen LogP) is 4.74. The van der Waals surface area contributed by atoms with E-state index < -0.39 is 10.0 Å². The topological polar surface area (TPSA) is 77.4 Å². The fourth-order valence-corrected chi connectivity index (χ4v) is 5.84. The lowest BCUT2D eigenvalue weighted by Gasteiger charge is -2.10. The van der Waals surface area contributed by atoms with Crippen LogP contribution in [0.2, 0.25) is 5.02 Å². The molecule has 4 aromatic rings. The Bertz CT molecular complexity index is 1460. The molecule has 1 heterocycles. The largest absolute Gasteiger partial charge is 0.492 e. The van der Waals surface area contributed by atoms with Crippen LogP contribution in [0.25, 0.3) is 10.2 Å². The molecule has 33 heavy (non-hydrogen) atoms. The van der Waals surface area contributed by atoms with Gasteiger partial charge in [-0.2, -0.15) is 0 Å². The number of benzene rings is 3. The summed E-state index contributed by atoms with van der Waals surface area (Å²) >= 11 is 7.24. The molecule has 0 unspecified atom stereocenters. The number of hydrogen-bond acceptors (Lipinski definition) is 5. The Morgan fingerprint density at radius 3 is 2.48 bits per heavy atom. The van der Waals surface area contributed by atoms with Crippen LogP contribution in [0, 0.1) is 13.8 Å². The number of thiazole rings is 1. The van der Waals surface area contributed by atoms with Gasteiger partial charge in [-0.1, -0.05) is 47.2 Å². The summed E-state index contributed by atoms with van der Waals surface area (Å²) in [4.78, 5) is 12.5. The Balaban J connectivity index is 1.47. The number of aromatic nitrogens is 1. The second-order valence-electron chi connectivity index (χ2n) is 7.74. The molecule has 0 bridgehead atoms. The van der Waals surface area contributed by atoms with Crippen molar-refractivity contribution < 1.29 is 13.2 Å². The maximum Gasteiger partial charge on any atom is 0.308 e. The number of halogens is 1. The highest BCUT2D eigenvalue weighted by Gasteiger charge is 2.17. The molecule has 0 saturated heterocycles. The Kier molecular flexibility index (Phi) is 6.90. The quantitative estimate of drug-likeness (QED) is 0.353. The van der Waals surface area contributed by atoms with Crippen LogP contribution < -0.4 is 14.3 Å². The van der Waals surface area contributed by atoms with Gasteiger partial charge >= 0.3 is 4.87 Å². The standard InChI is InChI=1S/C24H23ClN2O4S2/c1-16-11-17(2)13-19(12-16)31-10-9-26-33(29,30)20-7-8-22-23(14-20)32-24(28)27(22)15-18-5-3-4-6-21(18)25/h3-8,11-14,26H,9-10,15H2,1-2H3. The maximum absolute atomic E-state index is 12.8. The van der Waals surface area contributed by atoms with Crippen LogP contribution in [-0.2, 0) is 16.6 Å². The normalized spacial score (nSPS) is 11.7. The average molecular weight is 503 g/mol. The third-order valence-corrected chi connectivity index (χ3v) is 7.86. The van der Waals surface area contributed by atoms with E-state index >= 15 is 0 Å². The molecule has 1 N–H and O–H groups in total. The van der Waals surface area contributed by atoms with Crippen LogP contribution in [-0.4, -0.2) is 26.1 Å². The minimum atomic E-state index is -3.75. The summed E-state index contributed by atoms with van der Waals surface area (Å²) in [5, 5.41) is 0.579. The molecular formula is C24H23ClN2O4S2. The van der Waals surface area contributed by atoms with Crippen LogP contribution in [0.4, 0.5) is 0 Å². The van der Waals surface area contributed by atoms with E-state index in [4.69, 9.17) is 16.3 Å². The number of ether oxygens (including phenoxy) is 1. The summed E-state index contributed by atoms with van der Waals surface area (Å²) in [5.41, 5.74) is 3.66. The van der Waals surface area contributed by atoms with Gasteiger partial charge in [0, 0.05) is 11.6 Å². The van der Waals surface area contributed by atoms with Crippen molar-refractivity contribution >= 4 is 43.2 Å². The zero-order valence-corrected chi connectivity index (χ0v) is 20.6. The molecule has 172 valence electrons. The second kappa shape index (κ2) is 9.69. The summed E-state index contributed by atoms with van der Waals surface area (Å²) in [6.45, 7) is 4.60. The molecule has 0 fully saturated rings. The Hall–Kier alpha value is -2.65. The minimum Gasteiger partial charge on any atom is -0.492 e. The summed E-state index contributed by atoms with van der Waals surface area (Å²) < 4.78 is 35.9. The maximum atomic E-state index is 12.8. The molecule has 0 radical (unpaired) electrons. The van der Waals surface area contributed by atoms with Crippen molar-refractivity contribution in [3.8, 4) is 5.75 Å². The average Bonchev–Trinajstić information content (AvgIpc) is 3.06. The zero-order valence-electron chi connectivity index (χ0n) is 18.2. The highest BCUT2D eigenvalue weighted by Crippen LogP contribution is 2.24. The fourth-order valence-electron chi connectivity index (χ4n) is 3.61. The second-order valence-corrected chi connectivity index (χ2v) is 10.9. The van der Waals surface area contributed by atoms with Crippen molar-refractivity contribution in [3.05, 3.63) is 92.0 Å². The van der Waals surface area contributed by atoms with Gasteiger partial charge in [0.25, 0.3) is 0 Å². The number of sulfonamides is 1. The molecule has 0 spiro atoms. The van der Waals surface area contributed by atoms with Crippen molar-refractivity contribution in [2.45, 2.75) is 25.3 Å². The summed E-state index contributed by atoms with van der Waals surface area (Å²) in [6, 6.07) is 17.9. The number of rotatable bonds is 8. The van der Waals surface area contributed by atoms with Crippen molar-refractivity contribution in [2.75, 3.05) is 13.2 Å². The third kappa shape index (κ3) is 5.47. The Morgan fingerprint density at radius 2 is 1.76 bits per heavy atom. The predicted molar refractivity (Wildman–Crippen MR) is 133 cm³/mol. The molecule has 4 rings (SSSR count). The van der Waals surface area contributed by atoms with E-state index in [1.165, 1.54) is 12.1 Å². The van der Waals surface area contributed by atoms with Crippen LogP contribution in [0.5, 0.6) is 5.75 Å². The molecule has 0 saturated carbocycles. The molecule has 0 aliphatic rings. The van der Waals surface area contributed by atoms with E-state index in [2.05, 4.69) is 4.72 Å². The van der Waals surface area contributed by atoms with Gasteiger partial charge in [0.05, 0.1) is 21.7 Å². The number of fused-ring (bicyclic) bond motifs is 1. The van der Waals surface area contributed by atoms with Crippen LogP contribution >= 0.6 is 22.9 Å². The molecule has 3 aromatic carbocycles. The molecule has 0 aliphatic carbocycles. The lowest BCUT2D eigenvalue weighted by molar-refractivity contribution is 0.322. The molecule has 6 nitrogen and oxygen atoms in total. The summed E-state index contributed by atoms with van der Waals surface area (Å²) in [5.74, 6) is 0.706. The Morgan fingerprint density at radius 1 is 1.03 bits per heavy atom. The molecule has 1 aromatic heterocycles. The fraction of sp³-hybridized carbons (Fsp3) is 0.208. The molecule has 0 aliphatic heterocycles. The monoisotopic (exact) mass is 502 g/mol. The van der Waals surface area contributed by atoms with Crippen LogP contribution in [0.3, 0.4) is 0 Å².